The van der Waals surface area contributed by atoms with Crippen LogP contribution in [0.4, 0.5) is 5.82 Å². The maximum Gasteiger partial charge on any atom is 0.246 e. The monoisotopic (exact) mass is 416 g/mol. The average molecular weight is 417 g/mol. The summed E-state index contributed by atoms with van der Waals surface area (Å²) in [5.74, 6) is 1.45. The van der Waals surface area contributed by atoms with Gasteiger partial charge in [0.1, 0.15) is 12.1 Å². The first-order chi connectivity index (χ1) is 15.1. The lowest BCUT2D eigenvalue weighted by molar-refractivity contribution is -0.126. The highest BCUT2D eigenvalue weighted by atomic mass is 16.2. The van der Waals surface area contributed by atoms with Gasteiger partial charge in [-0.05, 0) is 67.9 Å². The van der Waals surface area contributed by atoms with Crippen molar-refractivity contribution in [2.24, 2.45) is 0 Å². The molecule has 1 aromatic carbocycles. The van der Waals surface area contributed by atoms with E-state index in [0.29, 0.717) is 19.0 Å². The smallest absolute Gasteiger partial charge is 0.246 e. The Labute approximate surface area is 182 Å². The third-order valence-electron chi connectivity index (χ3n) is 6.95. The van der Waals surface area contributed by atoms with Crippen LogP contribution in [0.15, 0.2) is 31.4 Å². The number of aryl methyl sites for hydroxylation is 1. The van der Waals surface area contributed by atoms with Crippen LogP contribution >= 0.6 is 0 Å². The maximum atomic E-state index is 11.9. The van der Waals surface area contributed by atoms with Crippen molar-refractivity contribution in [2.75, 3.05) is 31.1 Å². The van der Waals surface area contributed by atoms with E-state index in [4.69, 9.17) is 0 Å². The summed E-state index contributed by atoms with van der Waals surface area (Å²) in [5, 5.41) is 0. The molecule has 3 aromatic rings. The van der Waals surface area contributed by atoms with Crippen LogP contribution in [0.25, 0.3) is 11.0 Å². The number of nitrogens with one attached hydrogen (secondary N) is 1. The highest BCUT2D eigenvalue weighted by molar-refractivity contribution is 5.87. The summed E-state index contributed by atoms with van der Waals surface area (Å²) in [4.78, 5) is 33.3. The van der Waals surface area contributed by atoms with Gasteiger partial charge in [-0.3, -0.25) is 4.79 Å². The Bertz CT molecular complexity index is 1160. The first-order valence-electron chi connectivity index (χ1n) is 11.0. The molecular weight excluding hydrogens is 388 g/mol. The molecule has 0 spiro atoms. The molecule has 1 N–H and O–H groups in total. The number of nitrogens with zero attached hydrogens (tertiary/aromatic N) is 5. The number of aromatic amines is 1. The average Bonchev–Trinajstić information content (AvgIpc) is 3.26. The molecule has 2 aliphatic rings. The van der Waals surface area contributed by atoms with Crippen LogP contribution in [0.3, 0.4) is 0 Å². The van der Waals surface area contributed by atoms with Gasteiger partial charge in [-0.15, -0.1) is 0 Å². The van der Waals surface area contributed by atoms with Crippen molar-refractivity contribution >= 4 is 22.8 Å². The van der Waals surface area contributed by atoms with Gasteiger partial charge in [0.05, 0.1) is 17.4 Å². The molecule has 160 valence electrons. The standard InChI is InChI=1S/C24H28N6O/c1-4-21(31)29-7-9-30(10-8-29)24-18-6-5-17(12-19(18)25-14-28-24)22-16(3)15(2)11-20-23(22)27-13-26-20/h4,11,13-14,17H,1,5-10,12H2,2-3H3,(H,26,27)/t17-/m1/s1. The van der Waals surface area contributed by atoms with Crippen molar-refractivity contribution in [3.05, 3.63) is 59.3 Å². The predicted octanol–water partition coefficient (Wildman–Crippen LogP) is 3.08. The van der Waals surface area contributed by atoms with Gasteiger partial charge in [-0.25, -0.2) is 15.0 Å². The molecule has 5 rings (SSSR count). The third kappa shape index (κ3) is 3.38. The number of hydrogen-bond donors (Lipinski definition) is 1. The molecule has 2 aromatic heterocycles. The Balaban J connectivity index is 1.42. The quantitative estimate of drug-likeness (QED) is 0.664. The minimum atomic E-state index is 0.00501. The second-order valence-electron chi connectivity index (χ2n) is 8.61. The third-order valence-corrected chi connectivity index (χ3v) is 6.95. The Hall–Kier alpha value is -3.22. The molecule has 1 saturated heterocycles. The molecule has 0 unspecified atom stereocenters. The predicted molar refractivity (Wildman–Crippen MR) is 121 cm³/mol. The number of piperazine rings is 1. The molecule has 7 nitrogen and oxygen atoms in total. The number of benzene rings is 1. The number of hydrogen-bond acceptors (Lipinski definition) is 5. The van der Waals surface area contributed by atoms with Gasteiger partial charge in [0.15, 0.2) is 0 Å². The second-order valence-corrected chi connectivity index (χ2v) is 8.61. The maximum absolute atomic E-state index is 11.9. The van der Waals surface area contributed by atoms with Gasteiger partial charge in [0.25, 0.3) is 0 Å². The van der Waals surface area contributed by atoms with Crippen LogP contribution in [0.5, 0.6) is 0 Å². The van der Waals surface area contributed by atoms with E-state index in [2.05, 4.69) is 51.3 Å². The molecule has 0 radical (unpaired) electrons. The van der Waals surface area contributed by atoms with E-state index in [1.165, 1.54) is 28.3 Å². The van der Waals surface area contributed by atoms with Crippen molar-refractivity contribution < 1.29 is 4.79 Å². The summed E-state index contributed by atoms with van der Waals surface area (Å²) in [6, 6.07) is 2.19. The van der Waals surface area contributed by atoms with Crippen LogP contribution < -0.4 is 4.90 Å². The van der Waals surface area contributed by atoms with Gasteiger partial charge in [-0.2, -0.15) is 0 Å². The zero-order valence-corrected chi connectivity index (χ0v) is 18.2. The van der Waals surface area contributed by atoms with Crippen LogP contribution in [0.1, 0.15) is 40.3 Å². The zero-order valence-electron chi connectivity index (χ0n) is 18.2. The number of fused-ring (bicyclic) bond motifs is 2. The first kappa shape index (κ1) is 19.7. The van der Waals surface area contributed by atoms with Crippen molar-refractivity contribution in [1.82, 2.24) is 24.8 Å². The molecule has 3 heterocycles. The van der Waals surface area contributed by atoms with E-state index in [-0.39, 0.29) is 5.91 Å². The van der Waals surface area contributed by atoms with E-state index < -0.39 is 0 Å². The molecule has 1 amide bonds. The fourth-order valence-corrected chi connectivity index (χ4v) is 5.15. The van der Waals surface area contributed by atoms with E-state index in [1.54, 1.807) is 12.7 Å². The van der Waals surface area contributed by atoms with Gasteiger partial charge in [0, 0.05) is 37.4 Å². The molecule has 31 heavy (non-hydrogen) atoms. The SMILES string of the molecule is C=CC(=O)N1CCN(c2ncnc3c2CC[C@@H](c2c(C)c(C)cc4[nH]cnc24)C3)CC1. The molecule has 1 aliphatic heterocycles. The minimum absolute atomic E-state index is 0.00501. The highest BCUT2D eigenvalue weighted by Crippen LogP contribution is 2.39. The number of anilines is 1. The van der Waals surface area contributed by atoms with E-state index in [0.717, 1.165) is 54.9 Å². The van der Waals surface area contributed by atoms with E-state index in [1.807, 2.05) is 4.90 Å². The number of carbonyl (C=O) groups is 1. The van der Waals surface area contributed by atoms with Crippen LogP contribution in [0.2, 0.25) is 0 Å². The Kier molecular flexibility index (Phi) is 4.96. The van der Waals surface area contributed by atoms with Crippen molar-refractivity contribution in [3.63, 3.8) is 0 Å². The normalized spacial score (nSPS) is 18.8. The summed E-state index contributed by atoms with van der Waals surface area (Å²) in [6.07, 6.45) is 7.82. The van der Waals surface area contributed by atoms with Crippen LogP contribution in [0, 0.1) is 13.8 Å². The van der Waals surface area contributed by atoms with Gasteiger partial charge >= 0.3 is 0 Å². The molecule has 1 atom stereocenters. The summed E-state index contributed by atoms with van der Waals surface area (Å²) in [6.45, 7) is 11.0. The molecule has 1 fully saturated rings. The number of carbonyl (C=O) groups excluding carboxylic acids is 1. The van der Waals surface area contributed by atoms with Crippen molar-refractivity contribution in [1.29, 1.82) is 0 Å². The van der Waals surface area contributed by atoms with Gasteiger partial charge < -0.3 is 14.8 Å². The first-order valence-corrected chi connectivity index (χ1v) is 11.0. The van der Waals surface area contributed by atoms with E-state index >= 15 is 0 Å². The fourth-order valence-electron chi connectivity index (χ4n) is 5.15. The van der Waals surface area contributed by atoms with Crippen molar-refractivity contribution in [2.45, 2.75) is 39.0 Å². The van der Waals surface area contributed by atoms with Gasteiger partial charge in [0.2, 0.25) is 5.91 Å². The number of rotatable bonds is 3. The number of amides is 1. The highest BCUT2D eigenvalue weighted by Gasteiger charge is 2.30. The molecule has 7 heteroatoms. The molecular formula is C24H28N6O. The number of imidazole rings is 1. The largest absolute Gasteiger partial charge is 0.353 e. The fraction of sp³-hybridized carbons (Fsp3) is 0.417. The van der Waals surface area contributed by atoms with Crippen LogP contribution in [-0.4, -0.2) is 56.9 Å². The number of aromatic nitrogens is 4. The Morgan fingerprint density at radius 2 is 2.00 bits per heavy atom. The van der Waals surface area contributed by atoms with E-state index in [9.17, 15) is 4.79 Å². The minimum Gasteiger partial charge on any atom is -0.353 e. The molecule has 0 bridgehead atoms. The molecule has 0 saturated carbocycles. The van der Waals surface area contributed by atoms with Crippen molar-refractivity contribution in [3.8, 4) is 0 Å². The Morgan fingerprint density at radius 1 is 1.19 bits per heavy atom. The number of H-pyrrole nitrogens is 1. The van der Waals surface area contributed by atoms with Crippen LogP contribution in [-0.2, 0) is 17.6 Å². The topological polar surface area (TPSA) is 78.0 Å². The lowest BCUT2D eigenvalue weighted by Gasteiger charge is -2.37. The lowest BCUT2D eigenvalue weighted by atomic mass is 9.79. The summed E-state index contributed by atoms with van der Waals surface area (Å²) in [7, 11) is 0. The Morgan fingerprint density at radius 3 is 2.77 bits per heavy atom. The summed E-state index contributed by atoms with van der Waals surface area (Å²) >= 11 is 0. The summed E-state index contributed by atoms with van der Waals surface area (Å²) in [5.41, 5.74) is 8.62. The zero-order chi connectivity index (χ0) is 21.5. The second kappa shape index (κ2) is 7.80. The lowest BCUT2D eigenvalue weighted by Crippen LogP contribution is -2.49. The molecule has 1 aliphatic carbocycles. The van der Waals surface area contributed by atoms with Gasteiger partial charge in [-0.1, -0.05) is 6.58 Å². The summed E-state index contributed by atoms with van der Waals surface area (Å²) < 4.78 is 0.